The van der Waals surface area contributed by atoms with Crippen molar-refractivity contribution in [1.29, 1.82) is 0 Å². The summed E-state index contributed by atoms with van der Waals surface area (Å²) in [6.07, 6.45) is -1.62. The average Bonchev–Trinajstić information content (AvgIpc) is 2.83. The second-order valence-corrected chi connectivity index (χ2v) is 4.09. The van der Waals surface area contributed by atoms with E-state index < -0.39 is 18.2 Å². The van der Waals surface area contributed by atoms with Crippen LogP contribution in [0.3, 0.4) is 0 Å². The molecule has 0 aromatic heterocycles. The van der Waals surface area contributed by atoms with E-state index in [1.54, 1.807) is 6.92 Å². The van der Waals surface area contributed by atoms with Gasteiger partial charge in [-0.05, 0) is 6.92 Å². The summed E-state index contributed by atoms with van der Waals surface area (Å²) in [7, 11) is 0. The summed E-state index contributed by atoms with van der Waals surface area (Å²) >= 11 is 0. The molecule has 94 valence electrons. The van der Waals surface area contributed by atoms with Crippen molar-refractivity contribution in [2.45, 2.75) is 31.3 Å². The molecule has 6 nitrogen and oxygen atoms in total. The summed E-state index contributed by atoms with van der Waals surface area (Å²) in [5.41, 5.74) is 0.326. The second kappa shape index (κ2) is 4.85. The predicted molar refractivity (Wildman–Crippen MR) is 55.1 cm³/mol. The molecule has 2 aliphatic heterocycles. The number of ether oxygens (including phenoxy) is 4. The fourth-order valence-corrected chi connectivity index (χ4v) is 1.96. The minimum Gasteiger partial charge on any atom is -0.459 e. The molecule has 4 atom stereocenters. The predicted octanol–water partition coefficient (Wildman–Crippen LogP) is -0.187. The quantitative estimate of drug-likeness (QED) is 0.386. The van der Waals surface area contributed by atoms with Gasteiger partial charge < -0.3 is 18.9 Å². The van der Waals surface area contributed by atoms with Gasteiger partial charge in [0.25, 0.3) is 6.47 Å². The maximum Gasteiger partial charge on any atom is 0.333 e. The SMILES string of the molecule is C=C(C)C(=O)OC1COC2C(OC=O)COC12. The van der Waals surface area contributed by atoms with Crippen molar-refractivity contribution < 1.29 is 28.5 Å². The van der Waals surface area contributed by atoms with Crippen LogP contribution in [-0.4, -0.2) is 50.1 Å². The second-order valence-electron chi connectivity index (χ2n) is 4.09. The van der Waals surface area contributed by atoms with Crippen molar-refractivity contribution in [2.24, 2.45) is 0 Å². The number of hydrogen-bond donors (Lipinski definition) is 0. The first-order chi connectivity index (χ1) is 8.13. The van der Waals surface area contributed by atoms with Crippen LogP contribution in [0.2, 0.25) is 0 Å². The Morgan fingerprint density at radius 3 is 2.47 bits per heavy atom. The van der Waals surface area contributed by atoms with Gasteiger partial charge in [0.2, 0.25) is 0 Å². The zero-order chi connectivity index (χ0) is 12.4. The van der Waals surface area contributed by atoms with Gasteiger partial charge in [-0.25, -0.2) is 4.79 Å². The lowest BCUT2D eigenvalue weighted by Crippen LogP contribution is -2.35. The van der Waals surface area contributed by atoms with Gasteiger partial charge in [0.1, 0.15) is 12.2 Å². The number of esters is 1. The van der Waals surface area contributed by atoms with E-state index in [-0.39, 0.29) is 25.4 Å². The Hall–Kier alpha value is -1.40. The molecule has 0 aliphatic carbocycles. The van der Waals surface area contributed by atoms with Gasteiger partial charge in [-0.1, -0.05) is 6.58 Å². The first kappa shape index (κ1) is 12.1. The van der Waals surface area contributed by atoms with Crippen LogP contribution in [0, 0.1) is 0 Å². The molecule has 6 heteroatoms. The topological polar surface area (TPSA) is 71.1 Å². The Morgan fingerprint density at radius 2 is 1.88 bits per heavy atom. The van der Waals surface area contributed by atoms with Gasteiger partial charge in [-0.3, -0.25) is 4.79 Å². The summed E-state index contributed by atoms with van der Waals surface area (Å²) in [6, 6.07) is 0. The highest BCUT2D eigenvalue weighted by molar-refractivity contribution is 5.87. The van der Waals surface area contributed by atoms with E-state index in [0.717, 1.165) is 0 Å². The van der Waals surface area contributed by atoms with Crippen molar-refractivity contribution in [1.82, 2.24) is 0 Å². The Morgan fingerprint density at radius 1 is 1.29 bits per heavy atom. The molecular weight excluding hydrogens is 228 g/mol. The summed E-state index contributed by atoms with van der Waals surface area (Å²) < 4.78 is 20.8. The molecule has 2 heterocycles. The molecule has 2 saturated heterocycles. The molecule has 2 fully saturated rings. The Balaban J connectivity index is 1.94. The lowest BCUT2D eigenvalue weighted by molar-refractivity contribution is -0.149. The summed E-state index contributed by atoms with van der Waals surface area (Å²) in [5, 5.41) is 0. The van der Waals surface area contributed by atoms with Gasteiger partial charge in [-0.2, -0.15) is 0 Å². The molecule has 0 radical (unpaired) electrons. The lowest BCUT2D eigenvalue weighted by atomic mass is 10.1. The number of carbonyl (C=O) groups excluding carboxylic acids is 2. The van der Waals surface area contributed by atoms with E-state index >= 15 is 0 Å². The third kappa shape index (κ3) is 2.32. The average molecular weight is 242 g/mol. The van der Waals surface area contributed by atoms with E-state index in [9.17, 15) is 9.59 Å². The van der Waals surface area contributed by atoms with Crippen LogP contribution in [0.25, 0.3) is 0 Å². The molecule has 0 spiro atoms. The van der Waals surface area contributed by atoms with Crippen molar-refractivity contribution in [3.8, 4) is 0 Å². The molecule has 17 heavy (non-hydrogen) atoms. The molecule has 4 unspecified atom stereocenters. The van der Waals surface area contributed by atoms with Crippen LogP contribution < -0.4 is 0 Å². The number of hydrogen-bond acceptors (Lipinski definition) is 6. The molecule has 2 rings (SSSR count). The van der Waals surface area contributed by atoms with Crippen LogP contribution in [0.15, 0.2) is 12.2 Å². The Kier molecular flexibility index (Phi) is 3.44. The van der Waals surface area contributed by atoms with Gasteiger partial charge in [-0.15, -0.1) is 0 Å². The standard InChI is InChI=1S/C11H14O6/c1-6(2)11(13)17-8-4-15-9-7(16-5-12)3-14-10(8)9/h5,7-10H,1,3-4H2,2H3. The van der Waals surface area contributed by atoms with Crippen LogP contribution in [0.1, 0.15) is 6.92 Å². The molecule has 0 amide bonds. The van der Waals surface area contributed by atoms with Crippen LogP contribution in [0.5, 0.6) is 0 Å². The number of carbonyl (C=O) groups is 2. The molecule has 0 saturated carbocycles. The molecule has 0 aromatic rings. The highest BCUT2D eigenvalue weighted by atomic mass is 16.7. The first-order valence-electron chi connectivity index (χ1n) is 5.32. The normalized spacial score (nSPS) is 35.1. The highest BCUT2D eigenvalue weighted by Gasteiger charge is 2.50. The first-order valence-corrected chi connectivity index (χ1v) is 5.32. The van der Waals surface area contributed by atoms with Crippen molar-refractivity contribution in [3.05, 3.63) is 12.2 Å². The summed E-state index contributed by atoms with van der Waals surface area (Å²) in [6.45, 7) is 5.94. The van der Waals surface area contributed by atoms with Gasteiger partial charge in [0.05, 0.1) is 13.2 Å². The van der Waals surface area contributed by atoms with Crippen molar-refractivity contribution in [3.63, 3.8) is 0 Å². The Labute approximate surface area is 98.5 Å². The largest absolute Gasteiger partial charge is 0.459 e. The monoisotopic (exact) mass is 242 g/mol. The summed E-state index contributed by atoms with van der Waals surface area (Å²) in [4.78, 5) is 21.6. The third-order valence-electron chi connectivity index (χ3n) is 2.80. The fraction of sp³-hybridized carbons (Fsp3) is 0.636. The van der Waals surface area contributed by atoms with Crippen molar-refractivity contribution >= 4 is 12.4 Å². The fourth-order valence-electron chi connectivity index (χ4n) is 1.96. The van der Waals surface area contributed by atoms with E-state index in [2.05, 4.69) is 6.58 Å². The van der Waals surface area contributed by atoms with Gasteiger partial charge >= 0.3 is 5.97 Å². The zero-order valence-corrected chi connectivity index (χ0v) is 9.46. The van der Waals surface area contributed by atoms with E-state index in [1.807, 2.05) is 0 Å². The van der Waals surface area contributed by atoms with E-state index in [0.29, 0.717) is 12.0 Å². The molecule has 2 aliphatic rings. The molecule has 0 N–H and O–H groups in total. The van der Waals surface area contributed by atoms with E-state index in [4.69, 9.17) is 18.9 Å². The van der Waals surface area contributed by atoms with Crippen LogP contribution in [0.4, 0.5) is 0 Å². The minimum atomic E-state index is -0.470. The lowest BCUT2D eigenvalue weighted by Gasteiger charge is -2.16. The maximum absolute atomic E-state index is 11.4. The van der Waals surface area contributed by atoms with E-state index in [1.165, 1.54) is 0 Å². The molecule has 0 bridgehead atoms. The smallest absolute Gasteiger partial charge is 0.333 e. The summed E-state index contributed by atoms with van der Waals surface area (Å²) in [5.74, 6) is -0.470. The minimum absolute atomic E-state index is 0.243. The number of fused-ring (bicyclic) bond motifs is 1. The Bertz CT molecular complexity index is 339. The van der Waals surface area contributed by atoms with Gasteiger partial charge in [0, 0.05) is 5.57 Å². The van der Waals surface area contributed by atoms with Crippen LogP contribution in [-0.2, 0) is 28.5 Å². The maximum atomic E-state index is 11.4. The number of rotatable bonds is 4. The molecular formula is C11H14O6. The van der Waals surface area contributed by atoms with Crippen molar-refractivity contribution in [2.75, 3.05) is 13.2 Å². The third-order valence-corrected chi connectivity index (χ3v) is 2.80. The zero-order valence-electron chi connectivity index (χ0n) is 9.46. The highest BCUT2D eigenvalue weighted by Crippen LogP contribution is 2.30. The van der Waals surface area contributed by atoms with Crippen LogP contribution >= 0.6 is 0 Å². The molecule has 0 aromatic carbocycles. The van der Waals surface area contributed by atoms with Gasteiger partial charge in [0.15, 0.2) is 12.2 Å².